The largest absolute Gasteiger partial charge is 0.477 e. The molecule has 2 aromatic rings. The summed E-state index contributed by atoms with van der Waals surface area (Å²) in [6, 6.07) is 5.14. The Balaban J connectivity index is 2.80. The number of hydrogen-bond donors (Lipinski definition) is 1. The predicted octanol–water partition coefficient (Wildman–Crippen LogP) is 3.91. The number of carboxylic acids is 1. The van der Waals surface area contributed by atoms with Crippen LogP contribution in [0.25, 0.3) is 10.1 Å². The minimum Gasteiger partial charge on any atom is -0.477 e. The van der Waals surface area contributed by atoms with E-state index >= 15 is 0 Å². The van der Waals surface area contributed by atoms with Crippen molar-refractivity contribution in [2.75, 3.05) is 0 Å². The molecule has 0 aliphatic rings. The molecule has 0 saturated carbocycles. The van der Waals surface area contributed by atoms with Crippen LogP contribution < -0.4 is 0 Å². The van der Waals surface area contributed by atoms with Gasteiger partial charge in [-0.05, 0) is 18.2 Å². The summed E-state index contributed by atoms with van der Waals surface area (Å²) in [5.74, 6) is -1.01. The van der Waals surface area contributed by atoms with E-state index in [1.54, 1.807) is 18.2 Å². The van der Waals surface area contributed by atoms with E-state index in [9.17, 15) is 4.79 Å². The second-order valence-corrected chi connectivity index (χ2v) is 4.56. The molecule has 1 aromatic heterocycles. The number of thiophene rings is 1. The third-order valence-electron chi connectivity index (χ3n) is 1.78. The second-order valence-electron chi connectivity index (χ2n) is 2.69. The summed E-state index contributed by atoms with van der Waals surface area (Å²) in [7, 11) is 0. The van der Waals surface area contributed by atoms with Gasteiger partial charge in [-0.3, -0.25) is 0 Å². The smallest absolute Gasteiger partial charge is 0.347 e. The maximum absolute atomic E-state index is 10.8. The number of halogens is 2. The first kappa shape index (κ1) is 9.77. The summed E-state index contributed by atoms with van der Waals surface area (Å²) in [6.07, 6.45) is 0. The lowest BCUT2D eigenvalue weighted by Crippen LogP contribution is -1.91. The van der Waals surface area contributed by atoms with Gasteiger partial charge in [-0.2, -0.15) is 0 Å². The average molecular weight is 247 g/mol. The number of carbonyl (C=O) groups is 1. The molecule has 1 aromatic carbocycles. The molecule has 1 heterocycles. The molecule has 0 saturated heterocycles. The van der Waals surface area contributed by atoms with Gasteiger partial charge in [0.15, 0.2) is 0 Å². The van der Waals surface area contributed by atoms with Gasteiger partial charge in [0, 0.05) is 15.1 Å². The average Bonchev–Trinajstić information content (AvgIpc) is 2.44. The number of benzene rings is 1. The maximum atomic E-state index is 10.8. The highest BCUT2D eigenvalue weighted by molar-refractivity contribution is 7.21. The Morgan fingerprint density at radius 2 is 2.07 bits per heavy atom. The zero-order chi connectivity index (χ0) is 10.3. The summed E-state index contributed by atoms with van der Waals surface area (Å²) in [6.45, 7) is 0. The van der Waals surface area contributed by atoms with Crippen molar-refractivity contribution in [1.29, 1.82) is 0 Å². The van der Waals surface area contributed by atoms with E-state index in [2.05, 4.69) is 0 Å². The second kappa shape index (κ2) is 3.42. The molecule has 0 aliphatic carbocycles. The number of rotatable bonds is 1. The van der Waals surface area contributed by atoms with E-state index < -0.39 is 5.97 Å². The van der Waals surface area contributed by atoms with Crippen LogP contribution in [0.3, 0.4) is 0 Å². The third-order valence-corrected chi connectivity index (χ3v) is 3.68. The SMILES string of the molecule is O=C(O)c1sc2ccc(Cl)cc2c1Cl. The van der Waals surface area contributed by atoms with Crippen LogP contribution >= 0.6 is 34.5 Å². The standard InChI is InChI=1S/C9H4Cl2O2S/c10-4-1-2-6-5(3-4)7(11)8(14-6)9(12)13/h1-3H,(H,12,13). The summed E-state index contributed by atoms with van der Waals surface area (Å²) >= 11 is 12.8. The van der Waals surface area contributed by atoms with Crippen LogP contribution in [0.5, 0.6) is 0 Å². The van der Waals surface area contributed by atoms with Gasteiger partial charge >= 0.3 is 5.97 Å². The van der Waals surface area contributed by atoms with E-state index in [0.29, 0.717) is 10.4 Å². The highest BCUT2D eigenvalue weighted by atomic mass is 35.5. The molecule has 0 radical (unpaired) electrons. The predicted molar refractivity (Wildman–Crippen MR) is 58.8 cm³/mol. The van der Waals surface area contributed by atoms with Crippen molar-refractivity contribution in [3.63, 3.8) is 0 Å². The Labute approximate surface area is 93.7 Å². The molecule has 0 unspecified atom stereocenters. The minimum absolute atomic E-state index is 0.156. The lowest BCUT2D eigenvalue weighted by atomic mass is 10.2. The fourth-order valence-corrected chi connectivity index (χ4v) is 2.67. The molecule has 1 N–H and O–H groups in total. The van der Waals surface area contributed by atoms with E-state index in [1.807, 2.05) is 0 Å². The van der Waals surface area contributed by atoms with Crippen LogP contribution in [0.1, 0.15) is 9.67 Å². The molecule has 0 atom stereocenters. The van der Waals surface area contributed by atoms with Gasteiger partial charge in [0.2, 0.25) is 0 Å². The van der Waals surface area contributed by atoms with Crippen LogP contribution in [0.2, 0.25) is 10.0 Å². The molecule has 0 amide bonds. The van der Waals surface area contributed by atoms with Crippen LogP contribution in [0, 0.1) is 0 Å². The zero-order valence-electron chi connectivity index (χ0n) is 6.75. The molecule has 5 heteroatoms. The number of carboxylic acid groups (broad SMARTS) is 1. The molecular formula is C9H4Cl2O2S. The molecule has 2 rings (SSSR count). The van der Waals surface area contributed by atoms with E-state index in [1.165, 1.54) is 0 Å². The van der Waals surface area contributed by atoms with Crippen LogP contribution in [-0.2, 0) is 0 Å². The summed E-state index contributed by atoms with van der Waals surface area (Å²) in [5, 5.41) is 10.3. The first-order chi connectivity index (χ1) is 6.59. The molecule has 0 bridgehead atoms. The topological polar surface area (TPSA) is 37.3 Å². The van der Waals surface area contributed by atoms with Crippen molar-refractivity contribution < 1.29 is 9.90 Å². The van der Waals surface area contributed by atoms with Crippen molar-refractivity contribution in [2.45, 2.75) is 0 Å². The third kappa shape index (κ3) is 1.47. The van der Waals surface area contributed by atoms with E-state index in [-0.39, 0.29) is 9.90 Å². The first-order valence-electron chi connectivity index (χ1n) is 3.70. The Kier molecular flexibility index (Phi) is 2.39. The number of fused-ring (bicyclic) bond motifs is 1. The van der Waals surface area contributed by atoms with Crippen molar-refractivity contribution in [3.8, 4) is 0 Å². The Morgan fingerprint density at radius 3 is 2.71 bits per heavy atom. The fraction of sp³-hybridized carbons (Fsp3) is 0. The summed E-state index contributed by atoms with van der Waals surface area (Å²) < 4.78 is 0.830. The molecule has 0 aliphatic heterocycles. The highest BCUT2D eigenvalue weighted by Crippen LogP contribution is 2.36. The fourth-order valence-electron chi connectivity index (χ4n) is 1.18. The Hall–Kier alpha value is -0.770. The van der Waals surface area contributed by atoms with Gasteiger partial charge in [-0.15, -0.1) is 11.3 Å². The van der Waals surface area contributed by atoms with Gasteiger partial charge < -0.3 is 5.11 Å². The molecule has 2 nitrogen and oxygen atoms in total. The van der Waals surface area contributed by atoms with Crippen LogP contribution in [0.15, 0.2) is 18.2 Å². The Bertz CT molecular complexity index is 519. The van der Waals surface area contributed by atoms with Gasteiger partial charge in [0.1, 0.15) is 4.88 Å². The minimum atomic E-state index is -1.01. The van der Waals surface area contributed by atoms with Crippen LogP contribution in [0.4, 0.5) is 0 Å². The molecule has 0 fully saturated rings. The molecule has 0 spiro atoms. The van der Waals surface area contributed by atoms with Crippen molar-refractivity contribution >= 4 is 50.6 Å². The Morgan fingerprint density at radius 1 is 1.36 bits per heavy atom. The quantitative estimate of drug-likeness (QED) is 0.829. The maximum Gasteiger partial charge on any atom is 0.347 e. The van der Waals surface area contributed by atoms with Gasteiger partial charge in [-0.25, -0.2) is 4.79 Å². The van der Waals surface area contributed by atoms with Crippen LogP contribution in [-0.4, -0.2) is 11.1 Å². The summed E-state index contributed by atoms with van der Waals surface area (Å²) in [4.78, 5) is 10.9. The first-order valence-corrected chi connectivity index (χ1v) is 5.27. The molecular weight excluding hydrogens is 243 g/mol. The van der Waals surface area contributed by atoms with Crippen molar-refractivity contribution in [3.05, 3.63) is 33.1 Å². The van der Waals surface area contributed by atoms with Crippen molar-refractivity contribution in [2.24, 2.45) is 0 Å². The number of aromatic carboxylic acids is 1. The summed E-state index contributed by atoms with van der Waals surface area (Å²) in [5.41, 5.74) is 0. The zero-order valence-corrected chi connectivity index (χ0v) is 9.08. The molecule has 14 heavy (non-hydrogen) atoms. The normalized spacial score (nSPS) is 10.7. The monoisotopic (exact) mass is 246 g/mol. The van der Waals surface area contributed by atoms with Gasteiger partial charge in [0.05, 0.1) is 5.02 Å². The molecule has 72 valence electrons. The van der Waals surface area contributed by atoms with E-state index in [0.717, 1.165) is 16.0 Å². The lowest BCUT2D eigenvalue weighted by Gasteiger charge is -1.90. The van der Waals surface area contributed by atoms with E-state index in [4.69, 9.17) is 28.3 Å². The number of hydrogen-bond acceptors (Lipinski definition) is 2. The lowest BCUT2D eigenvalue weighted by molar-refractivity contribution is 0.0702. The van der Waals surface area contributed by atoms with Gasteiger partial charge in [-0.1, -0.05) is 23.2 Å². The van der Waals surface area contributed by atoms with Gasteiger partial charge in [0.25, 0.3) is 0 Å². The highest BCUT2D eigenvalue weighted by Gasteiger charge is 2.15. The van der Waals surface area contributed by atoms with Crippen molar-refractivity contribution in [1.82, 2.24) is 0 Å².